The zero-order valence-electron chi connectivity index (χ0n) is 18.4. The molecule has 2 nitrogen and oxygen atoms in total. The van der Waals surface area contributed by atoms with Crippen molar-refractivity contribution in [3.8, 4) is 5.75 Å². The van der Waals surface area contributed by atoms with Crippen LogP contribution in [0.15, 0.2) is 24.3 Å². The van der Waals surface area contributed by atoms with Gasteiger partial charge in [-0.2, -0.15) is 0 Å². The van der Waals surface area contributed by atoms with Crippen LogP contribution in [-0.2, 0) is 11.2 Å². The minimum Gasteiger partial charge on any atom is -0.491 e. The predicted molar refractivity (Wildman–Crippen MR) is 120 cm³/mol. The Morgan fingerprint density at radius 3 is 1.86 bits per heavy atom. The van der Waals surface area contributed by atoms with Gasteiger partial charge in [0.15, 0.2) is 0 Å². The monoisotopic (exact) mass is 388 g/mol. The normalized spacial score (nSPS) is 15.7. The van der Waals surface area contributed by atoms with Crippen LogP contribution in [0.5, 0.6) is 5.75 Å². The maximum absolute atomic E-state index is 5.77. The third-order valence-corrected chi connectivity index (χ3v) is 5.81. The maximum Gasteiger partial charge on any atom is 0.119 e. The summed E-state index contributed by atoms with van der Waals surface area (Å²) in [7, 11) is 0. The van der Waals surface area contributed by atoms with Gasteiger partial charge in [-0.3, -0.25) is 0 Å². The van der Waals surface area contributed by atoms with E-state index in [1.807, 2.05) is 0 Å². The van der Waals surface area contributed by atoms with Crippen molar-refractivity contribution in [1.29, 1.82) is 0 Å². The topological polar surface area (TPSA) is 21.8 Å². The third-order valence-electron chi connectivity index (χ3n) is 5.81. The summed E-state index contributed by atoms with van der Waals surface area (Å²) in [5.74, 6) is 0.994. The molecule has 0 aliphatic carbocycles. The van der Waals surface area contributed by atoms with Crippen molar-refractivity contribution >= 4 is 0 Å². The first kappa shape index (κ1) is 23.3. The molecule has 28 heavy (non-hydrogen) atoms. The van der Waals surface area contributed by atoms with Crippen molar-refractivity contribution in [2.75, 3.05) is 13.2 Å². The molecule has 1 atom stereocenters. The van der Waals surface area contributed by atoms with E-state index in [-0.39, 0.29) is 0 Å². The number of rotatable bonds is 19. The number of epoxide rings is 1. The van der Waals surface area contributed by atoms with Crippen LogP contribution in [0.3, 0.4) is 0 Å². The van der Waals surface area contributed by atoms with Gasteiger partial charge in [0.1, 0.15) is 18.5 Å². The van der Waals surface area contributed by atoms with Gasteiger partial charge < -0.3 is 9.47 Å². The van der Waals surface area contributed by atoms with E-state index in [1.54, 1.807) is 0 Å². The molecular formula is C26H44O2. The van der Waals surface area contributed by atoms with E-state index in [9.17, 15) is 0 Å². The predicted octanol–water partition coefficient (Wildman–Crippen LogP) is 7.88. The second-order valence-corrected chi connectivity index (χ2v) is 8.61. The Labute approximate surface area is 174 Å². The van der Waals surface area contributed by atoms with Crippen molar-refractivity contribution in [2.45, 2.75) is 116 Å². The van der Waals surface area contributed by atoms with Crippen LogP contribution in [0.2, 0.25) is 0 Å². The molecule has 0 radical (unpaired) electrons. The Kier molecular flexibility index (Phi) is 13.2. The highest BCUT2D eigenvalue weighted by Gasteiger charge is 2.22. The molecule has 1 unspecified atom stereocenters. The SMILES string of the molecule is CCCCCCCCCCCCCCCCCc1cccc(OCC2CO2)c1. The zero-order valence-corrected chi connectivity index (χ0v) is 18.4. The molecule has 1 aliphatic rings. The first-order valence-electron chi connectivity index (χ1n) is 12.2. The highest BCUT2D eigenvalue weighted by molar-refractivity contribution is 5.28. The lowest BCUT2D eigenvalue weighted by Crippen LogP contribution is -2.04. The number of hydrogen-bond donors (Lipinski definition) is 0. The molecule has 1 aliphatic heterocycles. The lowest BCUT2D eigenvalue weighted by atomic mass is 10.0. The average Bonchev–Trinajstić information content (AvgIpc) is 3.54. The quantitative estimate of drug-likeness (QED) is 0.177. The Bertz CT molecular complexity index is 481. The molecule has 0 amide bonds. The highest BCUT2D eigenvalue weighted by Crippen LogP contribution is 2.19. The van der Waals surface area contributed by atoms with Gasteiger partial charge in [0.05, 0.1) is 6.61 Å². The van der Waals surface area contributed by atoms with Crippen molar-refractivity contribution in [3.05, 3.63) is 29.8 Å². The molecule has 1 aromatic carbocycles. The van der Waals surface area contributed by atoms with Gasteiger partial charge in [0.2, 0.25) is 0 Å². The molecule has 0 N–H and O–H groups in total. The number of aryl methyl sites for hydroxylation is 1. The van der Waals surface area contributed by atoms with Crippen molar-refractivity contribution in [2.24, 2.45) is 0 Å². The molecule has 1 saturated heterocycles. The summed E-state index contributed by atoms with van der Waals surface area (Å²) in [6.07, 6.45) is 22.9. The molecule has 2 heteroatoms. The lowest BCUT2D eigenvalue weighted by Gasteiger charge is -2.07. The third kappa shape index (κ3) is 12.4. The van der Waals surface area contributed by atoms with Gasteiger partial charge >= 0.3 is 0 Å². The minimum atomic E-state index is 0.333. The number of benzene rings is 1. The van der Waals surface area contributed by atoms with E-state index in [0.29, 0.717) is 12.7 Å². The number of unbranched alkanes of at least 4 members (excludes halogenated alkanes) is 14. The van der Waals surface area contributed by atoms with Crippen LogP contribution >= 0.6 is 0 Å². The Morgan fingerprint density at radius 2 is 1.32 bits per heavy atom. The van der Waals surface area contributed by atoms with E-state index < -0.39 is 0 Å². The van der Waals surface area contributed by atoms with Gasteiger partial charge in [0.25, 0.3) is 0 Å². The molecular weight excluding hydrogens is 344 g/mol. The summed E-state index contributed by atoms with van der Waals surface area (Å²) in [6, 6.07) is 8.60. The number of hydrogen-bond acceptors (Lipinski definition) is 2. The fourth-order valence-electron chi connectivity index (χ4n) is 3.84. The van der Waals surface area contributed by atoms with E-state index in [0.717, 1.165) is 12.4 Å². The molecule has 160 valence electrons. The maximum atomic E-state index is 5.77. The minimum absolute atomic E-state index is 0.333. The lowest BCUT2D eigenvalue weighted by molar-refractivity contribution is 0.263. The molecule has 1 fully saturated rings. The molecule has 0 saturated carbocycles. The van der Waals surface area contributed by atoms with Crippen LogP contribution in [0.25, 0.3) is 0 Å². The Balaban J connectivity index is 1.33. The first-order chi connectivity index (χ1) is 13.9. The summed E-state index contributed by atoms with van der Waals surface area (Å²) >= 11 is 0. The fourth-order valence-corrected chi connectivity index (χ4v) is 3.84. The Hall–Kier alpha value is -1.02. The largest absolute Gasteiger partial charge is 0.491 e. The highest BCUT2D eigenvalue weighted by atomic mass is 16.6. The van der Waals surface area contributed by atoms with Crippen LogP contribution in [0, 0.1) is 0 Å². The smallest absolute Gasteiger partial charge is 0.119 e. The molecule has 2 rings (SSSR count). The van der Waals surface area contributed by atoms with Gasteiger partial charge in [-0.15, -0.1) is 0 Å². The molecule has 0 bridgehead atoms. The van der Waals surface area contributed by atoms with E-state index >= 15 is 0 Å². The van der Waals surface area contributed by atoms with Crippen LogP contribution in [0.1, 0.15) is 109 Å². The van der Waals surface area contributed by atoms with Crippen molar-refractivity contribution in [1.82, 2.24) is 0 Å². The second kappa shape index (κ2) is 15.9. The van der Waals surface area contributed by atoms with Gasteiger partial charge in [-0.05, 0) is 30.5 Å². The summed E-state index contributed by atoms with van der Waals surface area (Å²) in [5.41, 5.74) is 1.41. The van der Waals surface area contributed by atoms with Gasteiger partial charge in [-0.25, -0.2) is 0 Å². The van der Waals surface area contributed by atoms with Gasteiger partial charge in [-0.1, -0.05) is 109 Å². The zero-order chi connectivity index (χ0) is 19.7. The second-order valence-electron chi connectivity index (χ2n) is 8.61. The first-order valence-corrected chi connectivity index (χ1v) is 12.2. The summed E-state index contributed by atoms with van der Waals surface area (Å²) < 4.78 is 11.0. The average molecular weight is 389 g/mol. The van der Waals surface area contributed by atoms with Crippen molar-refractivity contribution in [3.63, 3.8) is 0 Å². The summed E-state index contributed by atoms with van der Waals surface area (Å²) in [4.78, 5) is 0. The van der Waals surface area contributed by atoms with E-state index in [2.05, 4.69) is 31.2 Å². The van der Waals surface area contributed by atoms with Crippen molar-refractivity contribution < 1.29 is 9.47 Å². The molecule has 1 aromatic rings. The fraction of sp³-hybridized carbons (Fsp3) is 0.769. The molecule has 1 heterocycles. The van der Waals surface area contributed by atoms with Crippen LogP contribution in [-0.4, -0.2) is 19.3 Å². The number of ether oxygens (including phenoxy) is 2. The molecule has 0 spiro atoms. The Morgan fingerprint density at radius 1 is 0.786 bits per heavy atom. The molecule has 0 aromatic heterocycles. The van der Waals surface area contributed by atoms with E-state index in [1.165, 1.54) is 108 Å². The van der Waals surface area contributed by atoms with Crippen LogP contribution < -0.4 is 4.74 Å². The summed E-state index contributed by atoms with van der Waals surface area (Å²) in [5, 5.41) is 0. The summed E-state index contributed by atoms with van der Waals surface area (Å²) in [6.45, 7) is 3.85. The van der Waals surface area contributed by atoms with E-state index in [4.69, 9.17) is 9.47 Å². The standard InChI is InChI=1S/C26H44O2/c1-2-3-4-5-6-7-8-9-10-11-12-13-14-15-16-18-24-19-17-20-25(21-24)27-22-26-23-28-26/h17,19-21,26H,2-16,18,22-23H2,1H3. The van der Waals surface area contributed by atoms with Crippen LogP contribution in [0.4, 0.5) is 0 Å². The van der Waals surface area contributed by atoms with Gasteiger partial charge in [0, 0.05) is 0 Å².